The van der Waals surface area contributed by atoms with Crippen LogP contribution in [0.2, 0.25) is 0 Å². The molecule has 1 aromatic heterocycles. The Morgan fingerprint density at radius 3 is 2.88 bits per heavy atom. The average molecular weight is 315 g/mol. The third kappa shape index (κ3) is 4.98. The fraction of sp³-hybridized carbons (Fsp3) is 0.615. The zero-order valence-corrected chi connectivity index (χ0v) is 12.4. The maximum atomic E-state index is 4.35. The van der Waals surface area contributed by atoms with Gasteiger partial charge in [0.1, 0.15) is 0 Å². The van der Waals surface area contributed by atoms with Gasteiger partial charge in [-0.05, 0) is 53.9 Å². The minimum atomic E-state index is 0.797. The number of nitrogens with one attached hydrogen (secondary N) is 1. The zero-order chi connectivity index (χ0) is 11.9. The lowest BCUT2D eigenvalue weighted by Gasteiger charge is -2.10. The summed E-state index contributed by atoms with van der Waals surface area (Å²) in [5.74, 6) is 1.15. The van der Waals surface area contributed by atoms with Crippen molar-refractivity contribution in [1.82, 2.24) is 10.3 Å². The first-order valence-electron chi connectivity index (χ1n) is 6.32. The number of thioether (sulfide) groups is 1. The van der Waals surface area contributed by atoms with Crippen LogP contribution in [-0.2, 0) is 0 Å². The summed E-state index contributed by atoms with van der Waals surface area (Å²) in [7, 11) is 0. The van der Waals surface area contributed by atoms with Crippen molar-refractivity contribution in [3.8, 4) is 0 Å². The van der Waals surface area contributed by atoms with Crippen LogP contribution in [0, 0.1) is 0 Å². The van der Waals surface area contributed by atoms with E-state index in [9.17, 15) is 0 Å². The molecule has 1 aliphatic rings. The molecule has 0 unspecified atom stereocenters. The maximum absolute atomic E-state index is 4.35. The van der Waals surface area contributed by atoms with Crippen molar-refractivity contribution in [1.29, 1.82) is 0 Å². The summed E-state index contributed by atoms with van der Waals surface area (Å²) in [4.78, 5) is 4.35. The Morgan fingerprint density at radius 2 is 2.18 bits per heavy atom. The average Bonchev–Trinajstić information content (AvgIpc) is 2.84. The molecule has 17 heavy (non-hydrogen) atoms. The molecule has 0 aliphatic heterocycles. The molecule has 1 aromatic rings. The molecule has 2 rings (SSSR count). The molecule has 2 nitrogen and oxygen atoms in total. The quantitative estimate of drug-likeness (QED) is 0.637. The zero-order valence-electron chi connectivity index (χ0n) is 9.99. The van der Waals surface area contributed by atoms with Gasteiger partial charge in [-0.1, -0.05) is 12.8 Å². The van der Waals surface area contributed by atoms with Crippen LogP contribution in [0.25, 0.3) is 0 Å². The van der Waals surface area contributed by atoms with Crippen molar-refractivity contribution in [2.75, 3.05) is 12.3 Å². The minimum Gasteiger partial charge on any atom is -0.314 e. The summed E-state index contributed by atoms with van der Waals surface area (Å²) in [5.41, 5.74) is 0. The number of rotatable bonds is 6. The molecule has 1 saturated carbocycles. The van der Waals surface area contributed by atoms with Gasteiger partial charge in [0.25, 0.3) is 0 Å². The Hall–Kier alpha value is -0.0600. The molecule has 1 N–H and O–H groups in total. The Kier molecular flexibility index (Phi) is 5.81. The number of pyridine rings is 1. The van der Waals surface area contributed by atoms with Gasteiger partial charge in [-0.2, -0.15) is 0 Å². The second-order valence-corrected chi connectivity index (χ2v) is 6.48. The molecule has 1 fully saturated rings. The highest BCUT2D eigenvalue weighted by Gasteiger charge is 2.13. The van der Waals surface area contributed by atoms with Crippen molar-refractivity contribution in [2.45, 2.75) is 43.2 Å². The van der Waals surface area contributed by atoms with Crippen LogP contribution in [0.1, 0.15) is 32.1 Å². The third-order valence-electron chi connectivity index (χ3n) is 3.06. The molecule has 0 radical (unpaired) electrons. The molecule has 0 atom stereocenters. The van der Waals surface area contributed by atoms with Crippen molar-refractivity contribution >= 4 is 27.7 Å². The first-order valence-corrected chi connectivity index (χ1v) is 8.10. The molecule has 0 spiro atoms. The van der Waals surface area contributed by atoms with Gasteiger partial charge in [-0.15, -0.1) is 11.8 Å². The number of hydrogen-bond donors (Lipinski definition) is 1. The summed E-state index contributed by atoms with van der Waals surface area (Å²) in [6.45, 7) is 1.15. The summed E-state index contributed by atoms with van der Waals surface area (Å²) in [6.07, 6.45) is 8.66. The molecular formula is C13H19BrN2S. The topological polar surface area (TPSA) is 24.9 Å². The molecule has 0 saturated heterocycles. The molecule has 4 heteroatoms. The van der Waals surface area contributed by atoms with Gasteiger partial charge < -0.3 is 5.32 Å². The third-order valence-corrected chi connectivity index (χ3v) is 4.56. The predicted octanol–water partition coefficient (Wildman–Crippen LogP) is 3.86. The number of aromatic nitrogens is 1. The van der Waals surface area contributed by atoms with Gasteiger partial charge in [-0.25, -0.2) is 4.98 Å². The highest BCUT2D eigenvalue weighted by molar-refractivity contribution is 9.10. The molecule has 94 valence electrons. The Labute approximate surface area is 116 Å². The Balaban J connectivity index is 1.55. The van der Waals surface area contributed by atoms with Gasteiger partial charge in [0.15, 0.2) is 0 Å². The van der Waals surface area contributed by atoms with Crippen LogP contribution >= 0.6 is 27.7 Å². The van der Waals surface area contributed by atoms with Crippen molar-refractivity contribution in [2.24, 2.45) is 0 Å². The minimum absolute atomic E-state index is 0.797. The summed E-state index contributed by atoms with van der Waals surface area (Å²) in [6, 6.07) is 4.91. The van der Waals surface area contributed by atoms with E-state index in [2.05, 4.69) is 32.3 Å². The van der Waals surface area contributed by atoms with E-state index in [4.69, 9.17) is 0 Å². The molecular weight excluding hydrogens is 296 g/mol. The van der Waals surface area contributed by atoms with E-state index < -0.39 is 0 Å². The van der Waals surface area contributed by atoms with E-state index in [1.165, 1.54) is 32.1 Å². The monoisotopic (exact) mass is 314 g/mol. The van der Waals surface area contributed by atoms with Crippen LogP contribution in [0.3, 0.4) is 0 Å². The molecule has 0 amide bonds. The first-order chi connectivity index (χ1) is 8.34. The fourth-order valence-electron chi connectivity index (χ4n) is 2.13. The maximum Gasteiger partial charge on any atom is 0.0960 e. The lowest BCUT2D eigenvalue weighted by molar-refractivity contribution is 0.524. The van der Waals surface area contributed by atoms with Gasteiger partial charge in [0.05, 0.1) is 5.03 Å². The molecule has 1 heterocycles. The van der Waals surface area contributed by atoms with E-state index >= 15 is 0 Å². The first kappa shape index (κ1) is 13.4. The van der Waals surface area contributed by atoms with Gasteiger partial charge in [-0.3, -0.25) is 0 Å². The molecule has 1 aliphatic carbocycles. The highest BCUT2D eigenvalue weighted by Crippen LogP contribution is 2.19. The van der Waals surface area contributed by atoms with E-state index in [1.54, 1.807) is 0 Å². The lowest BCUT2D eigenvalue weighted by atomic mass is 10.2. The van der Waals surface area contributed by atoms with Crippen LogP contribution in [0.5, 0.6) is 0 Å². The van der Waals surface area contributed by atoms with Gasteiger partial charge in [0, 0.05) is 22.5 Å². The number of nitrogens with zero attached hydrogens (tertiary/aromatic N) is 1. The van der Waals surface area contributed by atoms with Crippen LogP contribution in [0.4, 0.5) is 0 Å². The Bertz CT molecular complexity index is 323. The summed E-state index contributed by atoms with van der Waals surface area (Å²) < 4.78 is 1.05. The fourth-order valence-corrected chi connectivity index (χ4v) is 3.16. The van der Waals surface area contributed by atoms with Gasteiger partial charge in [0.2, 0.25) is 0 Å². The standard InChI is InChI=1S/C13H19BrN2S/c14-11-6-7-13(16-10-11)17-9-3-8-15-12-4-1-2-5-12/h6-7,10,12,15H,1-5,8-9H2. The predicted molar refractivity (Wildman–Crippen MR) is 77.5 cm³/mol. The SMILES string of the molecule is Brc1ccc(SCCCNC2CCCC2)nc1. The number of halogens is 1. The van der Waals surface area contributed by atoms with Crippen LogP contribution in [0.15, 0.2) is 27.8 Å². The van der Waals surface area contributed by atoms with E-state index in [-0.39, 0.29) is 0 Å². The highest BCUT2D eigenvalue weighted by atomic mass is 79.9. The smallest absolute Gasteiger partial charge is 0.0960 e. The van der Waals surface area contributed by atoms with Crippen LogP contribution < -0.4 is 5.32 Å². The molecule has 0 bridgehead atoms. The van der Waals surface area contributed by atoms with E-state index in [0.29, 0.717) is 0 Å². The van der Waals surface area contributed by atoms with Crippen molar-refractivity contribution in [3.63, 3.8) is 0 Å². The van der Waals surface area contributed by atoms with E-state index in [1.807, 2.05) is 24.0 Å². The Morgan fingerprint density at radius 1 is 1.35 bits per heavy atom. The number of hydrogen-bond acceptors (Lipinski definition) is 3. The summed E-state index contributed by atoms with van der Waals surface area (Å²) >= 11 is 5.23. The normalized spacial score (nSPS) is 16.5. The summed E-state index contributed by atoms with van der Waals surface area (Å²) in [5, 5.41) is 4.76. The van der Waals surface area contributed by atoms with Crippen molar-refractivity contribution in [3.05, 3.63) is 22.8 Å². The van der Waals surface area contributed by atoms with Crippen molar-refractivity contribution < 1.29 is 0 Å². The second-order valence-electron chi connectivity index (χ2n) is 4.45. The largest absolute Gasteiger partial charge is 0.314 e. The van der Waals surface area contributed by atoms with Gasteiger partial charge >= 0.3 is 0 Å². The van der Waals surface area contributed by atoms with Crippen LogP contribution in [-0.4, -0.2) is 23.3 Å². The molecule has 0 aromatic carbocycles. The van der Waals surface area contributed by atoms with E-state index in [0.717, 1.165) is 27.8 Å². The lowest BCUT2D eigenvalue weighted by Crippen LogP contribution is -2.27. The second kappa shape index (κ2) is 7.39.